The van der Waals surface area contributed by atoms with Crippen LogP contribution in [0.3, 0.4) is 0 Å². The molecule has 0 aliphatic carbocycles. The molecule has 0 radical (unpaired) electrons. The van der Waals surface area contributed by atoms with Gasteiger partial charge in [-0.05, 0) is 56.2 Å². The van der Waals surface area contributed by atoms with Crippen LogP contribution in [0.1, 0.15) is 16.7 Å². The average molecular weight is 323 g/mol. The van der Waals surface area contributed by atoms with Crippen LogP contribution in [0, 0.1) is 20.8 Å². The number of rotatable bonds is 2. The first-order valence-electron chi connectivity index (χ1n) is 8.47. The predicted octanol–water partition coefficient (Wildman–Crippen LogP) is 3.97. The number of urea groups is 1. The number of benzene rings is 2. The third-order valence-corrected chi connectivity index (χ3v) is 4.44. The van der Waals surface area contributed by atoms with Crippen molar-refractivity contribution in [2.75, 3.05) is 36.4 Å². The van der Waals surface area contributed by atoms with Crippen molar-refractivity contribution in [1.29, 1.82) is 0 Å². The summed E-state index contributed by atoms with van der Waals surface area (Å²) in [5, 5.41) is 3.02. The number of nitrogens with zero attached hydrogens (tertiary/aromatic N) is 2. The second-order valence-corrected chi connectivity index (χ2v) is 6.62. The van der Waals surface area contributed by atoms with Gasteiger partial charge in [0.2, 0.25) is 0 Å². The molecule has 0 saturated carbocycles. The van der Waals surface area contributed by atoms with E-state index in [0.29, 0.717) is 0 Å². The second kappa shape index (κ2) is 6.95. The zero-order valence-corrected chi connectivity index (χ0v) is 14.7. The maximum atomic E-state index is 12.5. The lowest BCUT2D eigenvalue weighted by atomic mass is 10.1. The van der Waals surface area contributed by atoms with Crippen LogP contribution in [0.4, 0.5) is 16.2 Å². The molecule has 4 nitrogen and oxygen atoms in total. The van der Waals surface area contributed by atoms with Gasteiger partial charge in [0.1, 0.15) is 0 Å². The Balaban J connectivity index is 1.57. The average Bonchev–Trinajstić information content (AvgIpc) is 2.55. The van der Waals surface area contributed by atoms with E-state index >= 15 is 0 Å². The number of piperazine rings is 1. The van der Waals surface area contributed by atoms with Crippen LogP contribution in [0.15, 0.2) is 42.5 Å². The summed E-state index contributed by atoms with van der Waals surface area (Å²) in [6, 6.07) is 14.7. The molecule has 126 valence electrons. The van der Waals surface area contributed by atoms with Crippen LogP contribution in [0.5, 0.6) is 0 Å². The predicted molar refractivity (Wildman–Crippen MR) is 99.9 cm³/mol. The molecule has 3 rings (SSSR count). The number of carbonyl (C=O) groups is 1. The summed E-state index contributed by atoms with van der Waals surface area (Å²) < 4.78 is 0. The molecular weight excluding hydrogens is 298 g/mol. The van der Waals surface area contributed by atoms with Gasteiger partial charge in [0.05, 0.1) is 0 Å². The van der Waals surface area contributed by atoms with Gasteiger partial charge >= 0.3 is 6.03 Å². The number of aryl methyl sites for hydroxylation is 3. The number of amides is 2. The van der Waals surface area contributed by atoms with Gasteiger partial charge in [-0.3, -0.25) is 0 Å². The fourth-order valence-electron chi connectivity index (χ4n) is 3.17. The van der Waals surface area contributed by atoms with E-state index in [9.17, 15) is 4.79 Å². The quantitative estimate of drug-likeness (QED) is 0.908. The molecule has 2 aromatic carbocycles. The molecule has 4 heteroatoms. The van der Waals surface area contributed by atoms with Crippen molar-refractivity contribution in [3.63, 3.8) is 0 Å². The number of hydrogen-bond acceptors (Lipinski definition) is 2. The zero-order chi connectivity index (χ0) is 17.1. The molecule has 1 saturated heterocycles. The largest absolute Gasteiger partial charge is 0.368 e. The fraction of sp³-hybridized carbons (Fsp3) is 0.350. The highest BCUT2D eigenvalue weighted by Gasteiger charge is 2.21. The standard InChI is InChI=1S/C20H25N3O/c1-15-4-6-19(7-5-15)22-8-10-23(11-9-22)20(24)21-18-13-16(2)12-17(3)14-18/h4-7,12-14H,8-11H2,1-3H3,(H,21,24). The molecule has 1 heterocycles. The fourth-order valence-corrected chi connectivity index (χ4v) is 3.17. The Morgan fingerprint density at radius 3 is 2.00 bits per heavy atom. The van der Waals surface area contributed by atoms with Crippen molar-refractivity contribution in [3.8, 4) is 0 Å². The molecule has 1 aliphatic rings. The molecule has 1 fully saturated rings. The van der Waals surface area contributed by atoms with Crippen molar-refractivity contribution < 1.29 is 4.79 Å². The smallest absolute Gasteiger partial charge is 0.321 e. The first-order valence-corrected chi connectivity index (χ1v) is 8.47. The van der Waals surface area contributed by atoms with Crippen LogP contribution < -0.4 is 10.2 Å². The first kappa shape index (κ1) is 16.4. The van der Waals surface area contributed by atoms with Gasteiger partial charge in [-0.25, -0.2) is 4.79 Å². The van der Waals surface area contributed by atoms with Gasteiger partial charge in [0, 0.05) is 37.6 Å². The van der Waals surface area contributed by atoms with Gasteiger partial charge in [0.15, 0.2) is 0 Å². The summed E-state index contributed by atoms with van der Waals surface area (Å²) in [4.78, 5) is 16.7. The van der Waals surface area contributed by atoms with Crippen molar-refractivity contribution in [2.24, 2.45) is 0 Å². The molecule has 0 bridgehead atoms. The zero-order valence-electron chi connectivity index (χ0n) is 14.7. The molecule has 0 aromatic heterocycles. The van der Waals surface area contributed by atoms with Crippen molar-refractivity contribution in [2.45, 2.75) is 20.8 Å². The Morgan fingerprint density at radius 1 is 0.833 bits per heavy atom. The Hall–Kier alpha value is -2.49. The Morgan fingerprint density at radius 2 is 1.42 bits per heavy atom. The summed E-state index contributed by atoms with van der Waals surface area (Å²) in [5.74, 6) is 0. The highest BCUT2D eigenvalue weighted by molar-refractivity contribution is 5.89. The molecule has 24 heavy (non-hydrogen) atoms. The van der Waals surface area contributed by atoms with Crippen LogP contribution in [-0.4, -0.2) is 37.1 Å². The van der Waals surface area contributed by atoms with Crippen molar-refractivity contribution in [3.05, 3.63) is 59.2 Å². The monoisotopic (exact) mass is 323 g/mol. The summed E-state index contributed by atoms with van der Waals surface area (Å²) >= 11 is 0. The molecular formula is C20H25N3O. The van der Waals surface area contributed by atoms with E-state index < -0.39 is 0 Å². The number of nitrogens with one attached hydrogen (secondary N) is 1. The minimum atomic E-state index is -0.0106. The molecule has 1 aliphatic heterocycles. The SMILES string of the molecule is Cc1ccc(N2CCN(C(=O)Nc3cc(C)cc(C)c3)CC2)cc1. The summed E-state index contributed by atoms with van der Waals surface area (Å²) in [5.41, 5.74) is 5.70. The van der Waals surface area contributed by atoms with Gasteiger partial charge in [-0.1, -0.05) is 23.8 Å². The summed E-state index contributed by atoms with van der Waals surface area (Å²) in [7, 11) is 0. The topological polar surface area (TPSA) is 35.6 Å². The maximum Gasteiger partial charge on any atom is 0.321 e. The van der Waals surface area contributed by atoms with Gasteiger partial charge in [-0.2, -0.15) is 0 Å². The number of anilines is 2. The van der Waals surface area contributed by atoms with E-state index in [1.54, 1.807) is 0 Å². The van der Waals surface area contributed by atoms with E-state index in [2.05, 4.69) is 47.5 Å². The third kappa shape index (κ3) is 3.88. The molecule has 0 atom stereocenters. The highest BCUT2D eigenvalue weighted by Crippen LogP contribution is 2.18. The summed E-state index contributed by atoms with van der Waals surface area (Å²) in [6.45, 7) is 9.40. The van der Waals surface area contributed by atoms with Crippen molar-refractivity contribution >= 4 is 17.4 Å². The van der Waals surface area contributed by atoms with E-state index in [0.717, 1.165) is 43.0 Å². The second-order valence-electron chi connectivity index (χ2n) is 6.62. The maximum absolute atomic E-state index is 12.5. The number of carbonyl (C=O) groups excluding carboxylic acids is 1. The van der Waals surface area contributed by atoms with Crippen LogP contribution >= 0.6 is 0 Å². The molecule has 2 aromatic rings. The minimum Gasteiger partial charge on any atom is -0.368 e. The molecule has 0 spiro atoms. The van der Waals surface area contributed by atoms with E-state index in [4.69, 9.17) is 0 Å². The van der Waals surface area contributed by atoms with E-state index in [-0.39, 0.29) is 6.03 Å². The van der Waals surface area contributed by atoms with Crippen molar-refractivity contribution in [1.82, 2.24) is 4.90 Å². The van der Waals surface area contributed by atoms with Gasteiger partial charge in [0.25, 0.3) is 0 Å². The lowest BCUT2D eigenvalue weighted by molar-refractivity contribution is 0.208. The lowest BCUT2D eigenvalue weighted by Gasteiger charge is -2.36. The van der Waals surface area contributed by atoms with Crippen LogP contribution in [-0.2, 0) is 0 Å². The summed E-state index contributed by atoms with van der Waals surface area (Å²) in [6.07, 6.45) is 0. The lowest BCUT2D eigenvalue weighted by Crippen LogP contribution is -2.50. The van der Waals surface area contributed by atoms with E-state index in [1.165, 1.54) is 11.3 Å². The Kier molecular flexibility index (Phi) is 4.74. The third-order valence-electron chi connectivity index (χ3n) is 4.44. The Bertz CT molecular complexity index is 696. The Labute approximate surface area is 144 Å². The molecule has 2 amide bonds. The highest BCUT2D eigenvalue weighted by atomic mass is 16.2. The van der Waals surface area contributed by atoms with Gasteiger partial charge < -0.3 is 15.1 Å². The first-order chi connectivity index (χ1) is 11.5. The minimum absolute atomic E-state index is 0.0106. The molecule has 0 unspecified atom stereocenters. The number of hydrogen-bond donors (Lipinski definition) is 1. The van der Waals surface area contributed by atoms with Crippen LogP contribution in [0.2, 0.25) is 0 Å². The van der Waals surface area contributed by atoms with E-state index in [1.807, 2.05) is 30.9 Å². The molecule has 1 N–H and O–H groups in total. The van der Waals surface area contributed by atoms with Crippen LogP contribution in [0.25, 0.3) is 0 Å². The van der Waals surface area contributed by atoms with Gasteiger partial charge in [-0.15, -0.1) is 0 Å². The normalized spacial score (nSPS) is 14.6.